The Hall–Kier alpha value is -4.42. The lowest BCUT2D eigenvalue weighted by Gasteiger charge is -2.19. The van der Waals surface area contributed by atoms with Gasteiger partial charge in [0.15, 0.2) is 0 Å². The van der Waals surface area contributed by atoms with Gasteiger partial charge < -0.3 is 0 Å². The molecule has 0 nitrogen and oxygen atoms in total. The van der Waals surface area contributed by atoms with Crippen LogP contribution < -0.4 is 0 Å². The summed E-state index contributed by atoms with van der Waals surface area (Å²) >= 11 is 0. The Morgan fingerprint density at radius 3 is 1.50 bits per heavy atom. The molecule has 0 amide bonds. The van der Waals surface area contributed by atoms with E-state index in [4.69, 9.17) is 6.85 Å². The first-order valence-electron chi connectivity index (χ1n) is 13.9. The molecule has 0 saturated heterocycles. The summed E-state index contributed by atoms with van der Waals surface area (Å²) in [7, 11) is 0. The molecular formula is C34H22. The number of fused-ring (bicyclic) bond motifs is 5. The molecule has 0 saturated carbocycles. The van der Waals surface area contributed by atoms with Crippen molar-refractivity contribution in [3.05, 3.63) is 133 Å². The largest absolute Gasteiger partial charge is 0.0629 e. The van der Waals surface area contributed by atoms with Gasteiger partial charge in [0.05, 0.1) is 6.85 Å². The van der Waals surface area contributed by atoms with Gasteiger partial charge in [-0.15, -0.1) is 0 Å². The highest BCUT2D eigenvalue weighted by Crippen LogP contribution is 2.46. The fraction of sp³-hybridized carbons (Fsp3) is 0. The van der Waals surface area contributed by atoms with Gasteiger partial charge in [-0.1, -0.05) is 127 Å². The van der Waals surface area contributed by atoms with Crippen LogP contribution >= 0.6 is 0 Å². The maximum atomic E-state index is 8.77. The maximum absolute atomic E-state index is 8.77. The first kappa shape index (κ1) is 14.7. The Labute approximate surface area is 205 Å². The van der Waals surface area contributed by atoms with Gasteiger partial charge in [-0.05, 0) is 71.4 Å². The molecule has 0 heterocycles. The molecule has 0 aromatic heterocycles. The van der Waals surface area contributed by atoms with Crippen molar-refractivity contribution in [2.45, 2.75) is 0 Å². The van der Waals surface area contributed by atoms with Gasteiger partial charge in [0, 0.05) is 0 Å². The van der Waals surface area contributed by atoms with Crippen LogP contribution in [0.3, 0.4) is 0 Å². The first-order valence-corrected chi connectivity index (χ1v) is 11.4. The van der Waals surface area contributed by atoms with Crippen molar-refractivity contribution < 1.29 is 6.85 Å². The lowest BCUT2D eigenvalue weighted by molar-refractivity contribution is 1.67. The Morgan fingerprint density at radius 2 is 0.882 bits per heavy atom. The van der Waals surface area contributed by atoms with E-state index in [1.807, 2.05) is 36.4 Å². The predicted molar refractivity (Wildman–Crippen MR) is 147 cm³/mol. The fourth-order valence-corrected chi connectivity index (χ4v) is 5.32. The van der Waals surface area contributed by atoms with E-state index >= 15 is 0 Å². The lowest BCUT2D eigenvalue weighted by Crippen LogP contribution is -1.92. The van der Waals surface area contributed by atoms with Gasteiger partial charge in [0.25, 0.3) is 0 Å². The standard InChI is InChI=1S/C34H22/c1-2-12-23(13-3-1)33-28-18-8-10-20-30(28)34(31-21-11-9-19-29(31)33)32-22-24-14-4-5-15-25(24)26-16-6-7-17-27(26)32/h1-22H/i1D,2D,3D,12D,13D. The van der Waals surface area contributed by atoms with Crippen LogP contribution in [-0.2, 0) is 0 Å². The minimum atomic E-state index is -0.387. The summed E-state index contributed by atoms with van der Waals surface area (Å²) in [6, 6.07) is 33.7. The van der Waals surface area contributed by atoms with E-state index in [1.165, 1.54) is 10.8 Å². The molecule has 7 aromatic carbocycles. The summed E-state index contributed by atoms with van der Waals surface area (Å²) in [5.74, 6) is 0. The molecule has 0 atom stereocenters. The monoisotopic (exact) mass is 435 g/mol. The molecular weight excluding hydrogens is 408 g/mol. The van der Waals surface area contributed by atoms with E-state index in [0.717, 1.165) is 43.4 Å². The van der Waals surface area contributed by atoms with Crippen LogP contribution in [-0.4, -0.2) is 0 Å². The highest BCUT2D eigenvalue weighted by molar-refractivity contribution is 6.25. The topological polar surface area (TPSA) is 0 Å². The third-order valence-corrected chi connectivity index (χ3v) is 6.72. The summed E-state index contributed by atoms with van der Waals surface area (Å²) in [6.45, 7) is 0. The third-order valence-electron chi connectivity index (χ3n) is 6.72. The van der Waals surface area contributed by atoms with E-state index in [0.29, 0.717) is 5.56 Å². The first-order chi connectivity index (χ1) is 19.0. The maximum Gasteiger partial charge on any atom is 0.0629 e. The summed E-state index contributed by atoms with van der Waals surface area (Å²) in [6.07, 6.45) is 0. The van der Waals surface area contributed by atoms with Crippen molar-refractivity contribution in [2.24, 2.45) is 0 Å². The van der Waals surface area contributed by atoms with E-state index < -0.39 is 0 Å². The van der Waals surface area contributed by atoms with Crippen LogP contribution in [0.25, 0.3) is 65.3 Å². The molecule has 0 spiro atoms. The molecule has 34 heavy (non-hydrogen) atoms. The van der Waals surface area contributed by atoms with Crippen molar-refractivity contribution in [2.75, 3.05) is 0 Å². The molecule has 0 aliphatic carbocycles. The van der Waals surface area contributed by atoms with Crippen molar-refractivity contribution in [1.82, 2.24) is 0 Å². The van der Waals surface area contributed by atoms with Gasteiger partial charge in [-0.3, -0.25) is 0 Å². The molecule has 0 aliphatic heterocycles. The second-order valence-corrected chi connectivity index (χ2v) is 8.53. The Morgan fingerprint density at radius 1 is 0.412 bits per heavy atom. The molecule has 0 heteroatoms. The molecule has 7 rings (SSSR count). The summed E-state index contributed by atoms with van der Waals surface area (Å²) < 4.78 is 42.3. The van der Waals surface area contributed by atoms with Gasteiger partial charge in [-0.2, -0.15) is 0 Å². The fourth-order valence-electron chi connectivity index (χ4n) is 5.32. The quantitative estimate of drug-likeness (QED) is 0.187. The molecule has 0 fully saturated rings. The smallest absolute Gasteiger partial charge is 0.0622 e. The Bertz CT molecular complexity index is 2040. The van der Waals surface area contributed by atoms with Crippen molar-refractivity contribution in [3.8, 4) is 22.3 Å². The van der Waals surface area contributed by atoms with Crippen LogP contribution in [0.5, 0.6) is 0 Å². The normalized spacial score (nSPS) is 13.6. The van der Waals surface area contributed by atoms with Gasteiger partial charge >= 0.3 is 0 Å². The molecule has 158 valence electrons. The SMILES string of the molecule is [2H]c1c([2H])c([2H])c(-c2c3ccccc3c(-c3cc4ccccc4c4ccccc34)c3ccccc23)c([2H])c1[2H]. The van der Waals surface area contributed by atoms with E-state index in [-0.39, 0.29) is 35.8 Å². The van der Waals surface area contributed by atoms with Crippen LogP contribution in [0.2, 0.25) is 0 Å². The summed E-state index contributed by atoms with van der Waals surface area (Å²) in [4.78, 5) is 0. The van der Waals surface area contributed by atoms with E-state index in [2.05, 4.69) is 66.7 Å². The number of benzene rings is 7. The predicted octanol–water partition coefficient (Wildman–Crippen LogP) is 9.63. The molecule has 0 radical (unpaired) electrons. The van der Waals surface area contributed by atoms with Crippen molar-refractivity contribution in [3.63, 3.8) is 0 Å². The van der Waals surface area contributed by atoms with Crippen molar-refractivity contribution in [1.29, 1.82) is 0 Å². The third kappa shape index (κ3) is 2.79. The molecule has 0 unspecified atom stereocenters. The van der Waals surface area contributed by atoms with Gasteiger partial charge in [-0.25, -0.2) is 0 Å². The Kier molecular flexibility index (Phi) is 3.27. The molecule has 0 bridgehead atoms. The average molecular weight is 436 g/mol. The molecule has 0 aliphatic rings. The van der Waals surface area contributed by atoms with E-state index in [9.17, 15) is 0 Å². The van der Waals surface area contributed by atoms with Crippen molar-refractivity contribution >= 4 is 43.1 Å². The second kappa shape index (κ2) is 7.57. The minimum absolute atomic E-state index is 0.194. The zero-order valence-corrected chi connectivity index (χ0v) is 18.3. The van der Waals surface area contributed by atoms with E-state index in [1.54, 1.807) is 0 Å². The summed E-state index contributed by atoms with van der Waals surface area (Å²) in [5, 5.41) is 8.30. The van der Waals surface area contributed by atoms with Crippen LogP contribution in [0, 0.1) is 0 Å². The molecule has 7 aromatic rings. The zero-order valence-electron chi connectivity index (χ0n) is 23.3. The lowest BCUT2D eigenvalue weighted by atomic mass is 9.84. The second-order valence-electron chi connectivity index (χ2n) is 8.53. The highest BCUT2D eigenvalue weighted by Gasteiger charge is 2.18. The molecule has 0 N–H and O–H groups in total. The number of rotatable bonds is 2. The van der Waals surface area contributed by atoms with Gasteiger partial charge in [0.2, 0.25) is 0 Å². The number of hydrogen-bond donors (Lipinski definition) is 0. The minimum Gasteiger partial charge on any atom is -0.0622 e. The highest BCUT2D eigenvalue weighted by atomic mass is 14.2. The number of hydrogen-bond acceptors (Lipinski definition) is 0. The van der Waals surface area contributed by atoms with Gasteiger partial charge in [0.1, 0.15) is 0 Å². The van der Waals surface area contributed by atoms with Crippen LogP contribution in [0.4, 0.5) is 0 Å². The van der Waals surface area contributed by atoms with Crippen LogP contribution in [0.15, 0.2) is 133 Å². The summed E-state index contributed by atoms with van der Waals surface area (Å²) in [5.41, 5.74) is 3.05. The average Bonchev–Trinajstić information content (AvgIpc) is 2.98. The zero-order chi connectivity index (χ0) is 26.8. The van der Waals surface area contributed by atoms with Crippen LogP contribution in [0.1, 0.15) is 6.85 Å². The Balaban J connectivity index is 1.72.